The number of nitrogens with one attached hydrogen (secondary N) is 1. The normalized spacial score (nSPS) is 10.7. The van der Waals surface area contributed by atoms with Gasteiger partial charge in [0.05, 0.1) is 12.0 Å². The lowest BCUT2D eigenvalue weighted by atomic mass is 10.0. The molecule has 0 saturated heterocycles. The summed E-state index contributed by atoms with van der Waals surface area (Å²) in [4.78, 5) is 25.7. The molecule has 0 aromatic heterocycles. The highest BCUT2D eigenvalue weighted by molar-refractivity contribution is 6.35. The van der Waals surface area contributed by atoms with Crippen molar-refractivity contribution in [1.82, 2.24) is 0 Å². The maximum Gasteiger partial charge on any atom is 0.315 e. The summed E-state index contributed by atoms with van der Waals surface area (Å²) in [5, 5.41) is 3.26. The van der Waals surface area contributed by atoms with E-state index in [4.69, 9.17) is 27.9 Å². The largest absolute Gasteiger partial charge is 0.425 e. The van der Waals surface area contributed by atoms with E-state index >= 15 is 0 Å². The number of hydrogen-bond donors (Lipinski definition) is 1. The second-order valence-corrected chi connectivity index (χ2v) is 8.53. The summed E-state index contributed by atoms with van der Waals surface area (Å²) in [6, 6.07) is 16.8. The number of carbonyl (C=O) groups excluding carboxylic acids is 2. The monoisotopic (exact) mass is 529 g/mol. The molecule has 0 spiro atoms. The van der Waals surface area contributed by atoms with E-state index in [1.807, 2.05) is 0 Å². The van der Waals surface area contributed by atoms with Crippen molar-refractivity contribution < 1.29 is 27.5 Å². The molecular formula is C27H16Cl2F3NO3. The summed E-state index contributed by atoms with van der Waals surface area (Å²) in [6.45, 7) is 0. The summed E-state index contributed by atoms with van der Waals surface area (Å²) in [5.74, 6) is -3.58. The zero-order valence-electron chi connectivity index (χ0n) is 18.3. The summed E-state index contributed by atoms with van der Waals surface area (Å²) in [6.07, 6.45) is -0.205. The zero-order valence-corrected chi connectivity index (χ0v) is 19.8. The van der Waals surface area contributed by atoms with Crippen LogP contribution in [0.15, 0.2) is 78.9 Å². The van der Waals surface area contributed by atoms with Gasteiger partial charge < -0.3 is 10.1 Å². The number of esters is 1. The van der Waals surface area contributed by atoms with E-state index in [-0.39, 0.29) is 39.6 Å². The number of amides is 1. The molecule has 0 aliphatic carbocycles. The van der Waals surface area contributed by atoms with E-state index in [0.717, 1.165) is 24.3 Å². The first-order valence-corrected chi connectivity index (χ1v) is 11.3. The Labute approximate surface area is 214 Å². The Hall–Kier alpha value is -3.81. The Morgan fingerprint density at radius 1 is 0.806 bits per heavy atom. The van der Waals surface area contributed by atoms with Gasteiger partial charge in [-0.1, -0.05) is 35.3 Å². The predicted molar refractivity (Wildman–Crippen MR) is 132 cm³/mol. The second-order valence-electron chi connectivity index (χ2n) is 7.68. The lowest BCUT2D eigenvalue weighted by Gasteiger charge is -2.14. The van der Waals surface area contributed by atoms with E-state index < -0.39 is 29.3 Å². The number of ether oxygens (including phenoxy) is 1. The van der Waals surface area contributed by atoms with Crippen molar-refractivity contribution >= 4 is 40.8 Å². The van der Waals surface area contributed by atoms with Crippen molar-refractivity contribution in [2.24, 2.45) is 0 Å². The molecule has 0 radical (unpaired) electrons. The number of rotatable bonds is 6. The van der Waals surface area contributed by atoms with Crippen LogP contribution >= 0.6 is 23.2 Å². The van der Waals surface area contributed by atoms with Crippen molar-refractivity contribution in [3.05, 3.63) is 117 Å². The van der Waals surface area contributed by atoms with Crippen molar-refractivity contribution in [2.45, 2.75) is 6.42 Å². The van der Waals surface area contributed by atoms with Gasteiger partial charge in [-0.2, -0.15) is 0 Å². The minimum absolute atomic E-state index is 0.0399. The van der Waals surface area contributed by atoms with Gasteiger partial charge >= 0.3 is 5.97 Å². The molecule has 0 fully saturated rings. The van der Waals surface area contributed by atoms with Crippen LogP contribution in [0.3, 0.4) is 0 Å². The lowest BCUT2D eigenvalue weighted by Crippen LogP contribution is -2.17. The second kappa shape index (κ2) is 10.8. The fourth-order valence-corrected chi connectivity index (χ4v) is 3.87. The van der Waals surface area contributed by atoms with E-state index in [1.54, 1.807) is 12.1 Å². The number of hydrogen-bond acceptors (Lipinski definition) is 3. The molecule has 1 amide bonds. The van der Waals surface area contributed by atoms with Crippen LogP contribution in [0.2, 0.25) is 10.0 Å². The smallest absolute Gasteiger partial charge is 0.315 e. The minimum atomic E-state index is -0.831. The van der Waals surface area contributed by atoms with E-state index in [9.17, 15) is 22.8 Å². The average molecular weight is 530 g/mol. The molecule has 182 valence electrons. The Kier molecular flexibility index (Phi) is 7.62. The van der Waals surface area contributed by atoms with E-state index in [1.165, 1.54) is 42.5 Å². The lowest BCUT2D eigenvalue weighted by molar-refractivity contribution is -0.133. The molecule has 4 nitrogen and oxygen atoms in total. The van der Waals surface area contributed by atoms with Crippen LogP contribution in [0.4, 0.5) is 18.9 Å². The predicted octanol–water partition coefficient (Wildman–Crippen LogP) is 7.48. The van der Waals surface area contributed by atoms with Crippen LogP contribution in [-0.4, -0.2) is 11.9 Å². The SMILES string of the molecule is O=C(Cc1ccc(Cl)cc1Cl)Oc1ccc(-c2ccc(F)cc2F)cc1C(=O)Nc1ccc(F)cc1. The van der Waals surface area contributed by atoms with Gasteiger partial charge in [-0.25, -0.2) is 13.2 Å². The average Bonchev–Trinajstić information content (AvgIpc) is 2.83. The number of halogens is 5. The number of benzene rings is 4. The molecule has 0 heterocycles. The molecule has 36 heavy (non-hydrogen) atoms. The molecule has 0 unspecified atom stereocenters. The van der Waals surface area contributed by atoms with Gasteiger partial charge in [-0.15, -0.1) is 0 Å². The summed E-state index contributed by atoms with van der Waals surface area (Å²) < 4.78 is 46.5. The number of anilines is 1. The van der Waals surface area contributed by atoms with Gasteiger partial charge in [0.1, 0.15) is 23.2 Å². The molecule has 4 aromatic rings. The third-order valence-corrected chi connectivity index (χ3v) is 5.73. The van der Waals surface area contributed by atoms with Gasteiger partial charge in [0, 0.05) is 27.4 Å². The van der Waals surface area contributed by atoms with Crippen LogP contribution in [0.1, 0.15) is 15.9 Å². The highest BCUT2D eigenvalue weighted by Gasteiger charge is 2.19. The standard InChI is InChI=1S/C27H16Cl2F3NO3/c28-17-3-1-16(23(29)13-17)12-26(34)36-25-10-2-15(21-9-6-19(31)14-24(21)32)11-22(25)27(35)33-20-7-4-18(30)5-8-20/h1-11,13-14H,12H2,(H,33,35). The number of carbonyl (C=O) groups is 2. The summed E-state index contributed by atoms with van der Waals surface area (Å²) >= 11 is 12.0. The quantitative estimate of drug-likeness (QED) is 0.208. The van der Waals surface area contributed by atoms with Crippen molar-refractivity contribution in [3.63, 3.8) is 0 Å². The third kappa shape index (κ3) is 6.05. The molecule has 1 N–H and O–H groups in total. The molecule has 0 atom stereocenters. The van der Waals surface area contributed by atoms with Gasteiger partial charge in [0.15, 0.2) is 0 Å². The van der Waals surface area contributed by atoms with E-state index in [0.29, 0.717) is 10.6 Å². The van der Waals surface area contributed by atoms with Crippen LogP contribution < -0.4 is 10.1 Å². The van der Waals surface area contributed by atoms with Gasteiger partial charge in [0.25, 0.3) is 5.91 Å². The molecular weight excluding hydrogens is 514 g/mol. The minimum Gasteiger partial charge on any atom is -0.425 e. The first kappa shape index (κ1) is 25.3. The van der Waals surface area contributed by atoms with Crippen molar-refractivity contribution in [2.75, 3.05) is 5.32 Å². The van der Waals surface area contributed by atoms with Gasteiger partial charge in [0.2, 0.25) is 0 Å². The third-order valence-electron chi connectivity index (χ3n) is 5.14. The van der Waals surface area contributed by atoms with Crippen molar-refractivity contribution in [1.29, 1.82) is 0 Å². The Morgan fingerprint density at radius 2 is 1.53 bits per heavy atom. The van der Waals surface area contributed by atoms with Crippen LogP contribution in [0.25, 0.3) is 11.1 Å². The van der Waals surface area contributed by atoms with Crippen LogP contribution in [0.5, 0.6) is 5.75 Å². The molecule has 0 saturated carbocycles. The fourth-order valence-electron chi connectivity index (χ4n) is 3.40. The van der Waals surface area contributed by atoms with Crippen molar-refractivity contribution in [3.8, 4) is 16.9 Å². The molecule has 0 bridgehead atoms. The first-order chi connectivity index (χ1) is 17.2. The summed E-state index contributed by atoms with van der Waals surface area (Å²) in [7, 11) is 0. The maximum absolute atomic E-state index is 14.4. The highest BCUT2D eigenvalue weighted by atomic mass is 35.5. The molecule has 4 rings (SSSR count). The molecule has 9 heteroatoms. The fraction of sp³-hybridized carbons (Fsp3) is 0.0370. The van der Waals surface area contributed by atoms with E-state index in [2.05, 4.69) is 5.32 Å². The summed E-state index contributed by atoms with van der Waals surface area (Å²) in [5.41, 5.74) is 0.935. The Balaban J connectivity index is 1.66. The van der Waals surface area contributed by atoms with Crippen LogP contribution in [0, 0.1) is 17.5 Å². The topological polar surface area (TPSA) is 55.4 Å². The molecule has 0 aliphatic heterocycles. The molecule has 0 aliphatic rings. The van der Waals surface area contributed by atoms with Gasteiger partial charge in [-0.05, 0) is 71.8 Å². The zero-order chi connectivity index (χ0) is 25.8. The van der Waals surface area contributed by atoms with Crippen LogP contribution in [-0.2, 0) is 11.2 Å². The first-order valence-electron chi connectivity index (χ1n) is 10.5. The Morgan fingerprint density at radius 3 is 2.22 bits per heavy atom. The highest BCUT2D eigenvalue weighted by Crippen LogP contribution is 2.30. The Bertz CT molecular complexity index is 1460. The van der Waals surface area contributed by atoms with Gasteiger partial charge in [-0.3, -0.25) is 9.59 Å². The maximum atomic E-state index is 14.4. The molecule has 4 aromatic carbocycles.